The molecule has 2 heterocycles. The van der Waals surface area contributed by atoms with Crippen LogP contribution in [0.5, 0.6) is 0 Å². The zero-order valence-corrected chi connectivity index (χ0v) is 12.5. The molecule has 5 nitrogen and oxygen atoms in total. The largest absolute Gasteiger partial charge is 0.375 e. The van der Waals surface area contributed by atoms with Crippen LogP contribution in [0.2, 0.25) is 0 Å². The summed E-state index contributed by atoms with van der Waals surface area (Å²) in [5, 5.41) is 11.0. The molecule has 1 aromatic carbocycles. The summed E-state index contributed by atoms with van der Waals surface area (Å²) in [5.41, 5.74) is -0.591. The minimum Gasteiger partial charge on any atom is -0.375 e. The summed E-state index contributed by atoms with van der Waals surface area (Å²) in [4.78, 5) is 30.5. The Hall–Kier alpha value is -2.79. The normalized spacial score (nSPS) is 19.5. The maximum Gasteiger partial charge on any atom is 0.264 e. The minimum absolute atomic E-state index is 0.230. The predicted octanol–water partition coefficient (Wildman–Crippen LogP) is 2.07. The molecule has 1 aliphatic heterocycles. The Kier molecular flexibility index (Phi) is 3.80. The third-order valence-electron chi connectivity index (χ3n) is 3.92. The summed E-state index contributed by atoms with van der Waals surface area (Å²) in [7, 11) is 0. The first-order valence-electron chi connectivity index (χ1n) is 7.27. The summed E-state index contributed by atoms with van der Waals surface area (Å²) in [6.45, 7) is 3.91. The second kappa shape index (κ2) is 5.78. The van der Waals surface area contributed by atoms with E-state index in [4.69, 9.17) is 0 Å². The highest BCUT2D eigenvalue weighted by Gasteiger charge is 2.50. The summed E-state index contributed by atoms with van der Waals surface area (Å²) in [6, 6.07) is 11.9. The predicted molar refractivity (Wildman–Crippen MR) is 86.1 cm³/mol. The molecule has 116 valence electrons. The number of fused-ring (bicyclic) bond motifs is 1. The highest BCUT2D eigenvalue weighted by atomic mass is 16.3. The van der Waals surface area contributed by atoms with E-state index in [2.05, 4.69) is 11.6 Å². The average molecular weight is 308 g/mol. The molecule has 0 unspecified atom stereocenters. The molecule has 1 amide bonds. The van der Waals surface area contributed by atoms with Gasteiger partial charge in [-0.1, -0.05) is 30.3 Å². The molecular formula is C18H16N2O3. The molecule has 2 aromatic rings. The first-order chi connectivity index (χ1) is 11.1. The third-order valence-corrected chi connectivity index (χ3v) is 3.92. The maximum absolute atomic E-state index is 12.7. The van der Waals surface area contributed by atoms with Crippen molar-refractivity contribution in [2.24, 2.45) is 0 Å². The molecule has 0 radical (unpaired) electrons. The lowest BCUT2D eigenvalue weighted by atomic mass is 9.89. The minimum atomic E-state index is -1.87. The van der Waals surface area contributed by atoms with Gasteiger partial charge in [-0.3, -0.25) is 14.6 Å². The Labute approximate surface area is 133 Å². The van der Waals surface area contributed by atoms with E-state index in [1.165, 1.54) is 11.1 Å². The molecule has 1 aromatic heterocycles. The number of Topliss-reactive ketones (excluding diaryl/α,β-unsaturated/α-hetero) is 1. The first kappa shape index (κ1) is 15.1. The average Bonchev–Trinajstić information content (AvgIpc) is 2.78. The van der Waals surface area contributed by atoms with E-state index in [0.717, 1.165) is 0 Å². The molecule has 1 N–H and O–H groups in total. The van der Waals surface area contributed by atoms with Gasteiger partial charge >= 0.3 is 0 Å². The fourth-order valence-electron chi connectivity index (χ4n) is 2.84. The van der Waals surface area contributed by atoms with Gasteiger partial charge in [0.15, 0.2) is 11.4 Å². The van der Waals surface area contributed by atoms with Gasteiger partial charge in [0.1, 0.15) is 5.69 Å². The van der Waals surface area contributed by atoms with Crippen LogP contribution < -0.4 is 4.90 Å². The molecule has 5 heteroatoms. The number of hydrogen-bond donors (Lipinski definition) is 1. The number of anilines is 1. The first-order valence-corrected chi connectivity index (χ1v) is 7.27. The molecular weight excluding hydrogens is 292 g/mol. The molecule has 0 saturated carbocycles. The number of ketones is 1. The monoisotopic (exact) mass is 308 g/mol. The molecule has 0 bridgehead atoms. The molecule has 1 aliphatic rings. The highest BCUT2D eigenvalue weighted by Crippen LogP contribution is 2.42. The topological polar surface area (TPSA) is 70.5 Å². The van der Waals surface area contributed by atoms with Crippen molar-refractivity contribution in [2.75, 3.05) is 11.4 Å². The molecule has 0 aliphatic carbocycles. The fourth-order valence-corrected chi connectivity index (χ4v) is 2.84. The number of amides is 1. The Morgan fingerprint density at radius 1 is 1.26 bits per heavy atom. The fraction of sp³-hybridized carbons (Fsp3) is 0.167. The molecule has 23 heavy (non-hydrogen) atoms. The molecule has 0 fully saturated rings. The van der Waals surface area contributed by atoms with Gasteiger partial charge in [-0.05, 0) is 18.2 Å². The van der Waals surface area contributed by atoms with Crippen molar-refractivity contribution in [3.05, 3.63) is 72.6 Å². The van der Waals surface area contributed by atoms with Crippen LogP contribution in [0.3, 0.4) is 0 Å². The highest BCUT2D eigenvalue weighted by molar-refractivity contribution is 6.10. The smallest absolute Gasteiger partial charge is 0.264 e. The SMILES string of the molecule is C=CCN1C(=O)[C@@](O)(CC(=O)c2ccccn2)c2ccccc21. The number of carbonyl (C=O) groups excluding carboxylic acids is 2. The van der Waals surface area contributed by atoms with Crippen molar-refractivity contribution in [1.29, 1.82) is 0 Å². The van der Waals surface area contributed by atoms with E-state index in [9.17, 15) is 14.7 Å². The second-order valence-corrected chi connectivity index (χ2v) is 5.40. The van der Waals surface area contributed by atoms with E-state index >= 15 is 0 Å². The number of aromatic nitrogens is 1. The van der Waals surface area contributed by atoms with Crippen molar-refractivity contribution in [3.63, 3.8) is 0 Å². The number of carbonyl (C=O) groups is 2. The molecule has 0 saturated heterocycles. The van der Waals surface area contributed by atoms with Crippen molar-refractivity contribution in [2.45, 2.75) is 12.0 Å². The van der Waals surface area contributed by atoms with Crippen LogP contribution in [-0.4, -0.2) is 28.3 Å². The quantitative estimate of drug-likeness (QED) is 0.678. The third kappa shape index (κ3) is 2.45. The Morgan fingerprint density at radius 2 is 2.00 bits per heavy atom. The van der Waals surface area contributed by atoms with Crippen molar-refractivity contribution < 1.29 is 14.7 Å². The number of pyridine rings is 1. The van der Waals surface area contributed by atoms with Crippen molar-refractivity contribution >= 4 is 17.4 Å². The van der Waals surface area contributed by atoms with Gasteiger partial charge in [-0.2, -0.15) is 0 Å². The van der Waals surface area contributed by atoms with Gasteiger partial charge < -0.3 is 10.0 Å². The summed E-state index contributed by atoms with van der Waals surface area (Å²) >= 11 is 0. The van der Waals surface area contributed by atoms with Gasteiger partial charge in [0.2, 0.25) is 0 Å². The van der Waals surface area contributed by atoms with E-state index in [0.29, 0.717) is 11.3 Å². The van der Waals surface area contributed by atoms with Crippen LogP contribution in [0.4, 0.5) is 5.69 Å². The molecule has 3 rings (SSSR count). The van der Waals surface area contributed by atoms with Crippen molar-refractivity contribution in [1.82, 2.24) is 4.98 Å². The lowest BCUT2D eigenvalue weighted by molar-refractivity contribution is -0.135. The van der Waals surface area contributed by atoms with Gasteiger partial charge in [0.05, 0.1) is 12.1 Å². The van der Waals surface area contributed by atoms with Crippen LogP contribution in [0.15, 0.2) is 61.3 Å². The van der Waals surface area contributed by atoms with Crippen LogP contribution in [0, 0.1) is 0 Å². The number of nitrogens with zero attached hydrogens (tertiary/aromatic N) is 2. The zero-order chi connectivity index (χ0) is 16.4. The number of rotatable bonds is 5. The van der Waals surface area contributed by atoms with E-state index in [-0.39, 0.29) is 24.4 Å². The van der Waals surface area contributed by atoms with Crippen molar-refractivity contribution in [3.8, 4) is 0 Å². The van der Waals surface area contributed by atoms with Crippen LogP contribution in [0.25, 0.3) is 0 Å². The van der Waals surface area contributed by atoms with Crippen LogP contribution in [-0.2, 0) is 10.4 Å². The maximum atomic E-state index is 12.7. The van der Waals surface area contributed by atoms with Gasteiger partial charge in [0.25, 0.3) is 5.91 Å². The number of benzene rings is 1. The summed E-state index contributed by atoms with van der Waals surface area (Å²) in [5.74, 6) is -0.889. The molecule has 0 spiro atoms. The van der Waals surface area contributed by atoms with Crippen LogP contribution in [0.1, 0.15) is 22.5 Å². The zero-order valence-electron chi connectivity index (χ0n) is 12.5. The lowest BCUT2D eigenvalue weighted by Crippen LogP contribution is -2.42. The van der Waals surface area contributed by atoms with E-state index in [1.54, 1.807) is 48.5 Å². The number of hydrogen-bond acceptors (Lipinski definition) is 4. The molecule has 1 atom stereocenters. The Morgan fingerprint density at radius 3 is 2.70 bits per heavy atom. The summed E-state index contributed by atoms with van der Waals surface area (Å²) < 4.78 is 0. The standard InChI is InChI=1S/C18H16N2O3/c1-2-11-20-15-9-4-3-7-13(15)18(23,17(20)22)12-16(21)14-8-5-6-10-19-14/h2-10,23H,1,11-12H2/t18-/m1/s1. The number of para-hydroxylation sites is 1. The van der Waals surface area contributed by atoms with Crippen LogP contribution >= 0.6 is 0 Å². The number of aliphatic hydroxyl groups is 1. The van der Waals surface area contributed by atoms with Gasteiger partial charge in [-0.25, -0.2) is 0 Å². The van der Waals surface area contributed by atoms with E-state index < -0.39 is 11.5 Å². The lowest BCUT2D eigenvalue weighted by Gasteiger charge is -2.21. The Balaban J connectivity index is 1.99. The van der Waals surface area contributed by atoms with Gasteiger partial charge in [0, 0.05) is 18.3 Å². The van der Waals surface area contributed by atoms with Gasteiger partial charge in [-0.15, -0.1) is 6.58 Å². The Bertz CT molecular complexity index is 773. The summed E-state index contributed by atoms with van der Waals surface area (Å²) in [6.07, 6.45) is 2.75. The van der Waals surface area contributed by atoms with E-state index in [1.807, 2.05) is 0 Å². The second-order valence-electron chi connectivity index (χ2n) is 5.40.